The van der Waals surface area contributed by atoms with Gasteiger partial charge in [-0.3, -0.25) is 0 Å². The fraction of sp³-hybridized carbons (Fsp3) is 0.133. The molecule has 0 spiro atoms. The van der Waals surface area contributed by atoms with E-state index in [1.54, 1.807) is 12.1 Å². The second-order valence-electron chi connectivity index (χ2n) is 4.12. The quantitative estimate of drug-likeness (QED) is 0.914. The van der Waals surface area contributed by atoms with Crippen molar-refractivity contribution in [3.05, 3.63) is 64.1 Å². The molecule has 0 aliphatic rings. The lowest BCUT2D eigenvalue weighted by atomic mass is 10.1. The Morgan fingerprint density at radius 2 is 1.89 bits per heavy atom. The maximum Gasteiger partial charge on any atom is 0.339 e. The smallest absolute Gasteiger partial charge is 0.339 e. The maximum absolute atomic E-state index is 11.2. The van der Waals surface area contributed by atoms with Crippen molar-refractivity contribution >= 4 is 21.9 Å². The van der Waals surface area contributed by atoms with Crippen LogP contribution in [0.4, 0.5) is 0 Å². The maximum atomic E-state index is 11.2. The molecule has 1 unspecified atom stereocenters. The minimum Gasteiger partial charge on any atom is -0.485 e. The fourth-order valence-electron chi connectivity index (χ4n) is 1.75. The molecule has 1 atom stereocenters. The van der Waals surface area contributed by atoms with E-state index in [9.17, 15) is 4.79 Å². The summed E-state index contributed by atoms with van der Waals surface area (Å²) in [5.74, 6) is -0.638. The monoisotopic (exact) mass is 320 g/mol. The Balaban J connectivity index is 2.28. The zero-order chi connectivity index (χ0) is 13.8. The summed E-state index contributed by atoms with van der Waals surface area (Å²) in [4.78, 5) is 11.2. The first kappa shape index (κ1) is 13.6. The molecule has 0 amide bonds. The van der Waals surface area contributed by atoms with Crippen molar-refractivity contribution < 1.29 is 14.6 Å². The van der Waals surface area contributed by atoms with Gasteiger partial charge in [0.25, 0.3) is 0 Å². The molecule has 0 saturated carbocycles. The van der Waals surface area contributed by atoms with Gasteiger partial charge in [-0.25, -0.2) is 4.79 Å². The lowest BCUT2D eigenvalue weighted by Crippen LogP contribution is -2.07. The Morgan fingerprint density at radius 1 is 1.21 bits per heavy atom. The summed E-state index contributed by atoms with van der Waals surface area (Å²) in [6.07, 6.45) is -0.214. The van der Waals surface area contributed by atoms with Crippen LogP contribution in [0, 0.1) is 0 Å². The van der Waals surface area contributed by atoms with Gasteiger partial charge >= 0.3 is 5.97 Å². The summed E-state index contributed by atoms with van der Waals surface area (Å²) in [5, 5.41) is 9.14. The highest BCUT2D eigenvalue weighted by molar-refractivity contribution is 9.10. The highest BCUT2D eigenvalue weighted by Crippen LogP contribution is 2.28. The predicted molar refractivity (Wildman–Crippen MR) is 76.6 cm³/mol. The van der Waals surface area contributed by atoms with Crippen LogP contribution in [0.2, 0.25) is 0 Å². The van der Waals surface area contributed by atoms with Crippen LogP contribution >= 0.6 is 15.9 Å². The van der Waals surface area contributed by atoms with Crippen LogP contribution in [-0.2, 0) is 0 Å². The van der Waals surface area contributed by atoms with Crippen molar-refractivity contribution in [2.75, 3.05) is 0 Å². The molecular weight excluding hydrogens is 308 g/mol. The fourth-order valence-corrected chi connectivity index (χ4v) is 2.09. The van der Waals surface area contributed by atoms with E-state index < -0.39 is 5.97 Å². The third-order valence-electron chi connectivity index (χ3n) is 2.75. The van der Waals surface area contributed by atoms with E-state index in [0.717, 1.165) is 10.0 Å². The van der Waals surface area contributed by atoms with E-state index in [-0.39, 0.29) is 11.7 Å². The van der Waals surface area contributed by atoms with E-state index in [1.165, 1.54) is 6.07 Å². The summed E-state index contributed by atoms with van der Waals surface area (Å²) in [7, 11) is 0. The van der Waals surface area contributed by atoms with Crippen LogP contribution in [0.25, 0.3) is 0 Å². The van der Waals surface area contributed by atoms with Gasteiger partial charge in [0.05, 0.1) is 0 Å². The third kappa shape index (κ3) is 3.35. The summed E-state index contributed by atoms with van der Waals surface area (Å²) < 4.78 is 6.55. The standard InChI is InChI=1S/C15H13BrO3/c1-10(11-5-3-2-4-6-11)19-14-9-12(16)7-8-13(14)15(17)18/h2-10H,1H3,(H,17,18). The molecule has 3 nitrogen and oxygen atoms in total. The average molecular weight is 321 g/mol. The highest BCUT2D eigenvalue weighted by Gasteiger charge is 2.15. The number of benzene rings is 2. The molecule has 0 saturated heterocycles. The van der Waals surface area contributed by atoms with Crippen molar-refractivity contribution in [2.24, 2.45) is 0 Å². The number of carbonyl (C=O) groups is 1. The van der Waals surface area contributed by atoms with Crippen LogP contribution in [0.5, 0.6) is 5.75 Å². The van der Waals surface area contributed by atoms with Gasteiger partial charge in [0.15, 0.2) is 0 Å². The lowest BCUT2D eigenvalue weighted by Gasteiger charge is -2.16. The van der Waals surface area contributed by atoms with E-state index in [4.69, 9.17) is 9.84 Å². The first-order valence-corrected chi connectivity index (χ1v) is 6.61. The second kappa shape index (κ2) is 5.89. The number of carboxylic acids is 1. The minimum atomic E-state index is -0.997. The summed E-state index contributed by atoms with van der Waals surface area (Å²) >= 11 is 3.32. The van der Waals surface area contributed by atoms with Crippen molar-refractivity contribution in [3.8, 4) is 5.75 Å². The Morgan fingerprint density at radius 3 is 2.53 bits per heavy atom. The van der Waals surface area contributed by atoms with Crippen molar-refractivity contribution in [1.29, 1.82) is 0 Å². The van der Waals surface area contributed by atoms with E-state index in [0.29, 0.717) is 5.75 Å². The first-order chi connectivity index (χ1) is 9.08. The first-order valence-electron chi connectivity index (χ1n) is 5.82. The van der Waals surface area contributed by atoms with Gasteiger partial charge in [-0.15, -0.1) is 0 Å². The molecule has 19 heavy (non-hydrogen) atoms. The zero-order valence-corrected chi connectivity index (χ0v) is 11.9. The van der Waals surface area contributed by atoms with Gasteiger partial charge in [-0.2, -0.15) is 0 Å². The molecule has 4 heteroatoms. The van der Waals surface area contributed by atoms with Crippen LogP contribution in [-0.4, -0.2) is 11.1 Å². The lowest BCUT2D eigenvalue weighted by molar-refractivity contribution is 0.0689. The van der Waals surface area contributed by atoms with Gasteiger partial charge < -0.3 is 9.84 Å². The van der Waals surface area contributed by atoms with Crippen molar-refractivity contribution in [3.63, 3.8) is 0 Å². The summed E-state index contributed by atoms with van der Waals surface area (Å²) in [5.41, 5.74) is 1.16. The van der Waals surface area contributed by atoms with E-state index >= 15 is 0 Å². The molecule has 0 bridgehead atoms. The number of rotatable bonds is 4. The Kier molecular flexibility index (Phi) is 4.22. The van der Waals surface area contributed by atoms with Gasteiger partial charge in [0.2, 0.25) is 0 Å². The third-order valence-corrected chi connectivity index (χ3v) is 3.24. The molecule has 2 rings (SSSR count). The normalized spacial score (nSPS) is 11.9. The zero-order valence-electron chi connectivity index (χ0n) is 10.3. The molecular formula is C15H13BrO3. The Labute approximate surface area is 120 Å². The molecule has 0 fully saturated rings. The van der Waals surface area contributed by atoms with Crippen molar-refractivity contribution in [1.82, 2.24) is 0 Å². The Hall–Kier alpha value is -1.81. The van der Waals surface area contributed by atoms with Gasteiger partial charge in [0, 0.05) is 4.47 Å². The van der Waals surface area contributed by atoms with E-state index in [1.807, 2.05) is 37.3 Å². The molecule has 98 valence electrons. The molecule has 0 aliphatic carbocycles. The van der Waals surface area contributed by atoms with Crippen LogP contribution in [0.3, 0.4) is 0 Å². The van der Waals surface area contributed by atoms with Crippen LogP contribution in [0.15, 0.2) is 53.0 Å². The molecule has 0 aromatic heterocycles. The molecule has 2 aromatic rings. The summed E-state index contributed by atoms with van der Waals surface area (Å²) in [6, 6.07) is 14.6. The number of carboxylic acid groups (broad SMARTS) is 1. The van der Waals surface area contributed by atoms with E-state index in [2.05, 4.69) is 15.9 Å². The van der Waals surface area contributed by atoms with Crippen LogP contribution < -0.4 is 4.74 Å². The predicted octanol–water partition coefficient (Wildman–Crippen LogP) is 4.29. The summed E-state index contributed by atoms with van der Waals surface area (Å²) in [6.45, 7) is 1.89. The van der Waals surface area contributed by atoms with Crippen molar-refractivity contribution in [2.45, 2.75) is 13.0 Å². The van der Waals surface area contributed by atoms with Gasteiger partial charge in [-0.1, -0.05) is 46.3 Å². The van der Waals surface area contributed by atoms with Gasteiger partial charge in [0.1, 0.15) is 17.4 Å². The molecule has 2 aromatic carbocycles. The topological polar surface area (TPSA) is 46.5 Å². The molecule has 0 radical (unpaired) electrons. The number of ether oxygens (including phenoxy) is 1. The molecule has 0 heterocycles. The number of aromatic carboxylic acids is 1. The highest BCUT2D eigenvalue weighted by atomic mass is 79.9. The Bertz CT molecular complexity index is 581. The SMILES string of the molecule is CC(Oc1cc(Br)ccc1C(=O)O)c1ccccc1. The molecule has 1 N–H and O–H groups in total. The number of halogens is 1. The number of hydrogen-bond acceptors (Lipinski definition) is 2. The average Bonchev–Trinajstić information content (AvgIpc) is 2.39. The molecule has 0 aliphatic heterocycles. The largest absolute Gasteiger partial charge is 0.485 e. The number of hydrogen-bond donors (Lipinski definition) is 1. The minimum absolute atomic E-state index is 0.158. The second-order valence-corrected chi connectivity index (χ2v) is 5.03. The van der Waals surface area contributed by atoms with Gasteiger partial charge in [-0.05, 0) is 30.7 Å². The van der Waals surface area contributed by atoms with Crippen LogP contribution in [0.1, 0.15) is 28.9 Å².